The summed E-state index contributed by atoms with van der Waals surface area (Å²) in [6.07, 6.45) is 1.64. The van der Waals surface area contributed by atoms with E-state index in [1.165, 1.54) is 4.31 Å². The maximum Gasteiger partial charge on any atom is 0.217 e. The van der Waals surface area contributed by atoms with E-state index in [4.69, 9.17) is 5.11 Å². The number of sulfonamides is 1. The van der Waals surface area contributed by atoms with Crippen molar-refractivity contribution >= 4 is 10.0 Å². The minimum atomic E-state index is -2.95. The minimum Gasteiger partial charge on any atom is -0.396 e. The summed E-state index contributed by atoms with van der Waals surface area (Å²) in [5, 5.41) is 8.60. The van der Waals surface area contributed by atoms with Gasteiger partial charge >= 0.3 is 0 Å². The highest BCUT2D eigenvalue weighted by Crippen LogP contribution is 2.34. The topological polar surface area (TPSA) is 57.6 Å². The van der Waals surface area contributed by atoms with Gasteiger partial charge in [-0.25, -0.2) is 12.7 Å². The maximum absolute atomic E-state index is 11.5. The molecule has 0 atom stereocenters. The summed E-state index contributed by atoms with van der Waals surface area (Å²) in [4.78, 5) is 0. The number of hydrogen-bond acceptors (Lipinski definition) is 3. The normalized spacial score (nSPS) is 27.1. The molecule has 70 valence electrons. The Hall–Kier alpha value is -0.130. The molecular formula is C7H13NO3S. The van der Waals surface area contributed by atoms with E-state index in [9.17, 15) is 8.42 Å². The van der Waals surface area contributed by atoms with Crippen LogP contribution in [0.25, 0.3) is 0 Å². The third kappa shape index (κ3) is 1.26. The van der Waals surface area contributed by atoms with Gasteiger partial charge in [-0.15, -0.1) is 0 Å². The van der Waals surface area contributed by atoms with Crippen LogP contribution in [0.15, 0.2) is 0 Å². The van der Waals surface area contributed by atoms with Crippen LogP contribution in [-0.2, 0) is 10.0 Å². The molecule has 0 aromatic heterocycles. The van der Waals surface area contributed by atoms with Crippen LogP contribution in [0, 0.1) is 5.92 Å². The molecular weight excluding hydrogens is 178 g/mol. The van der Waals surface area contributed by atoms with E-state index in [1.54, 1.807) is 0 Å². The zero-order valence-corrected chi connectivity index (χ0v) is 7.63. The van der Waals surface area contributed by atoms with Gasteiger partial charge in [0.2, 0.25) is 10.0 Å². The van der Waals surface area contributed by atoms with Gasteiger partial charge in [-0.2, -0.15) is 0 Å². The van der Waals surface area contributed by atoms with Gasteiger partial charge < -0.3 is 5.11 Å². The van der Waals surface area contributed by atoms with Crippen LogP contribution in [-0.4, -0.2) is 42.8 Å². The summed E-state index contributed by atoms with van der Waals surface area (Å²) in [5.74, 6) is 0.179. The lowest BCUT2D eigenvalue weighted by Crippen LogP contribution is -2.52. The van der Waals surface area contributed by atoms with Crippen LogP contribution in [0.2, 0.25) is 0 Å². The van der Waals surface area contributed by atoms with Gasteiger partial charge in [-0.1, -0.05) is 0 Å². The van der Waals surface area contributed by atoms with Gasteiger partial charge in [-0.3, -0.25) is 0 Å². The molecule has 5 heteroatoms. The van der Waals surface area contributed by atoms with Gasteiger partial charge in [-0.05, 0) is 12.8 Å². The van der Waals surface area contributed by atoms with Crippen LogP contribution in [0.4, 0.5) is 0 Å². The standard InChI is InChI=1S/C7H13NO3S/c9-5-6-3-8(4-6)12(10,11)7-1-2-7/h6-7,9H,1-5H2. The van der Waals surface area contributed by atoms with Crippen molar-refractivity contribution in [3.63, 3.8) is 0 Å². The molecule has 0 spiro atoms. The first-order chi connectivity index (χ1) is 5.64. The number of hydrogen-bond donors (Lipinski definition) is 1. The van der Waals surface area contributed by atoms with E-state index in [1.807, 2.05) is 0 Å². The first-order valence-electron chi connectivity index (χ1n) is 4.24. The van der Waals surface area contributed by atoms with E-state index in [0.29, 0.717) is 13.1 Å². The fourth-order valence-electron chi connectivity index (χ4n) is 1.42. The zero-order chi connectivity index (χ0) is 8.77. The van der Waals surface area contributed by atoms with E-state index >= 15 is 0 Å². The summed E-state index contributed by atoms with van der Waals surface area (Å²) in [6, 6.07) is 0. The third-order valence-electron chi connectivity index (χ3n) is 2.49. The largest absolute Gasteiger partial charge is 0.396 e. The monoisotopic (exact) mass is 191 g/mol. The average molecular weight is 191 g/mol. The molecule has 0 aromatic carbocycles. The Labute approximate surface area is 72.2 Å². The Bertz CT molecular complexity index is 264. The van der Waals surface area contributed by atoms with Crippen molar-refractivity contribution in [3.8, 4) is 0 Å². The molecule has 1 saturated heterocycles. The third-order valence-corrected chi connectivity index (χ3v) is 4.82. The van der Waals surface area contributed by atoms with Crippen molar-refractivity contribution in [2.75, 3.05) is 19.7 Å². The molecule has 1 saturated carbocycles. The quantitative estimate of drug-likeness (QED) is 0.648. The van der Waals surface area contributed by atoms with Gasteiger partial charge in [0, 0.05) is 25.6 Å². The van der Waals surface area contributed by atoms with Crippen LogP contribution < -0.4 is 0 Å². The first kappa shape index (κ1) is 8.47. The predicted octanol–water partition coefficient (Wildman–Crippen LogP) is -0.597. The van der Waals surface area contributed by atoms with Gasteiger partial charge in [0.1, 0.15) is 0 Å². The van der Waals surface area contributed by atoms with Crippen molar-refractivity contribution in [1.29, 1.82) is 0 Å². The van der Waals surface area contributed by atoms with Crippen molar-refractivity contribution in [2.45, 2.75) is 18.1 Å². The molecule has 1 N–H and O–H groups in total. The molecule has 0 radical (unpaired) electrons. The molecule has 1 aliphatic heterocycles. The number of rotatable bonds is 3. The highest BCUT2D eigenvalue weighted by atomic mass is 32.2. The maximum atomic E-state index is 11.5. The summed E-state index contributed by atoms with van der Waals surface area (Å²) >= 11 is 0. The van der Waals surface area contributed by atoms with Crippen LogP contribution in [0.3, 0.4) is 0 Å². The van der Waals surface area contributed by atoms with Crippen molar-refractivity contribution in [3.05, 3.63) is 0 Å². The van der Waals surface area contributed by atoms with Crippen LogP contribution >= 0.6 is 0 Å². The molecule has 4 nitrogen and oxygen atoms in total. The molecule has 0 bridgehead atoms. The minimum absolute atomic E-state index is 0.0999. The Morgan fingerprint density at radius 3 is 2.33 bits per heavy atom. The summed E-state index contributed by atoms with van der Waals surface area (Å²) in [7, 11) is -2.95. The molecule has 1 heterocycles. The Kier molecular flexibility index (Phi) is 1.89. The number of aliphatic hydroxyl groups excluding tert-OH is 1. The molecule has 2 rings (SSSR count). The second kappa shape index (κ2) is 2.68. The summed E-state index contributed by atoms with van der Waals surface area (Å²) in [5.41, 5.74) is 0. The SMILES string of the molecule is O=S(=O)(C1CC1)N1CC(CO)C1. The van der Waals surface area contributed by atoms with Crippen molar-refractivity contribution in [1.82, 2.24) is 4.31 Å². The lowest BCUT2D eigenvalue weighted by Gasteiger charge is -2.37. The molecule has 0 unspecified atom stereocenters. The van der Waals surface area contributed by atoms with Gasteiger partial charge in [0.15, 0.2) is 0 Å². The Morgan fingerprint density at radius 2 is 1.92 bits per heavy atom. The predicted molar refractivity (Wildman–Crippen MR) is 44.1 cm³/mol. The molecule has 2 fully saturated rings. The highest BCUT2D eigenvalue weighted by molar-refractivity contribution is 7.90. The molecule has 1 aliphatic carbocycles. The summed E-state index contributed by atoms with van der Waals surface area (Å²) in [6.45, 7) is 1.15. The van der Waals surface area contributed by atoms with E-state index in [0.717, 1.165) is 12.8 Å². The van der Waals surface area contributed by atoms with E-state index < -0.39 is 10.0 Å². The summed E-state index contributed by atoms with van der Waals surface area (Å²) < 4.78 is 24.5. The smallest absolute Gasteiger partial charge is 0.217 e. The van der Waals surface area contributed by atoms with Crippen molar-refractivity contribution in [2.24, 2.45) is 5.92 Å². The molecule has 2 aliphatic rings. The van der Waals surface area contributed by atoms with Gasteiger partial charge in [0.25, 0.3) is 0 Å². The lowest BCUT2D eigenvalue weighted by atomic mass is 10.1. The zero-order valence-electron chi connectivity index (χ0n) is 6.81. The fourth-order valence-corrected chi connectivity index (χ4v) is 3.41. The molecule has 0 amide bonds. The molecule has 0 aromatic rings. The second-order valence-electron chi connectivity index (χ2n) is 3.61. The average Bonchev–Trinajstić information content (AvgIpc) is 2.63. The van der Waals surface area contributed by atoms with Gasteiger partial charge in [0.05, 0.1) is 5.25 Å². The lowest BCUT2D eigenvalue weighted by molar-refractivity contribution is 0.117. The van der Waals surface area contributed by atoms with E-state index in [2.05, 4.69) is 0 Å². The highest BCUT2D eigenvalue weighted by Gasteiger charge is 2.44. The van der Waals surface area contributed by atoms with E-state index in [-0.39, 0.29) is 17.8 Å². The van der Waals surface area contributed by atoms with Crippen LogP contribution in [0.1, 0.15) is 12.8 Å². The second-order valence-corrected chi connectivity index (χ2v) is 5.82. The first-order valence-corrected chi connectivity index (χ1v) is 5.74. The number of aliphatic hydroxyl groups is 1. The van der Waals surface area contributed by atoms with Crippen molar-refractivity contribution < 1.29 is 13.5 Å². The van der Waals surface area contributed by atoms with Crippen LogP contribution in [0.5, 0.6) is 0 Å². The Morgan fingerprint density at radius 1 is 1.33 bits per heavy atom. The fraction of sp³-hybridized carbons (Fsp3) is 1.00. The Balaban J connectivity index is 1.94. The molecule has 12 heavy (non-hydrogen) atoms. The number of nitrogens with zero attached hydrogens (tertiary/aromatic N) is 1.